The third-order valence-corrected chi connectivity index (χ3v) is 24.9. The van der Waals surface area contributed by atoms with Gasteiger partial charge in [0.15, 0.2) is 0 Å². The van der Waals surface area contributed by atoms with Crippen LogP contribution in [0.5, 0.6) is 0 Å². The zero-order valence-corrected chi connectivity index (χ0v) is 57.2. The van der Waals surface area contributed by atoms with Crippen LogP contribution in [0.2, 0.25) is 0 Å². The molecule has 5 saturated heterocycles. The lowest BCUT2D eigenvalue weighted by Gasteiger charge is -2.64. The van der Waals surface area contributed by atoms with Gasteiger partial charge in [0, 0.05) is 66.2 Å². The van der Waals surface area contributed by atoms with E-state index in [1.54, 1.807) is 43.5 Å². The van der Waals surface area contributed by atoms with E-state index >= 15 is 0 Å². The van der Waals surface area contributed by atoms with Crippen molar-refractivity contribution in [2.45, 2.75) is 271 Å². The molecule has 16 rings (SSSR count). The number of nitrogens with zero attached hydrogens (tertiary/aromatic N) is 6. The van der Waals surface area contributed by atoms with Crippen molar-refractivity contribution < 1.29 is 56.9 Å². The summed E-state index contributed by atoms with van der Waals surface area (Å²) in [4.78, 5) is 92.5. The van der Waals surface area contributed by atoms with Gasteiger partial charge in [-0.15, -0.1) is 0 Å². The van der Waals surface area contributed by atoms with Crippen LogP contribution in [-0.2, 0) is 63.9 Å². The Morgan fingerprint density at radius 1 is 0.510 bits per heavy atom. The Bertz CT molecular complexity index is 3120. The smallest absolute Gasteiger partial charge is 0.444 e. The van der Waals surface area contributed by atoms with Crippen LogP contribution in [0.4, 0.5) is 19.2 Å². The molecule has 526 valence electrons. The summed E-state index contributed by atoms with van der Waals surface area (Å²) in [6, 6.07) is 14.0. The number of rotatable bonds is 4. The minimum Gasteiger partial charge on any atom is -0.444 e. The molecule has 0 aromatic heterocycles. The number of fused-ring (bicyclic) bond motifs is 4. The van der Waals surface area contributed by atoms with Gasteiger partial charge in [0.05, 0.1) is 48.4 Å². The molecule has 22 heteroatoms. The molecular formula is C74H112B2N8O12. The number of ether oxygens (including phenoxy) is 2. The third kappa shape index (κ3) is 14.1. The van der Waals surface area contributed by atoms with Crippen molar-refractivity contribution in [2.24, 2.45) is 34.5 Å². The molecule has 2 unspecified atom stereocenters. The number of carbonyl (C=O) groups is 6. The van der Waals surface area contributed by atoms with Crippen LogP contribution < -0.4 is 10.6 Å². The molecule has 96 heavy (non-hydrogen) atoms. The van der Waals surface area contributed by atoms with Crippen molar-refractivity contribution in [3.05, 3.63) is 82.9 Å². The number of benzene rings is 2. The minimum absolute atomic E-state index is 0. The standard InChI is InChI=1S/C36H53BN4O6.C36H51BN4O6.2CH4/c2*1-35(2)26-18-29(35)36(3)30(19-26)46-37(47-36)31-16-10-8-6-5-7-9-13-17-39(4)33(43)41-23-27(20-28(41)32(42)38-31)45-34(44)40-21-24-14-11-12-15-25(24)22-40;;/h11-12,14-15,26-31H,5-10,13,16-23H2,1-4H3,(H,38,42);9,11-15,26-31H,5-8,10,16-23H2,1-4H3,(H,38,42);2*1H4/b;13-9+;;/t2*26-,27-,28+,29-,30?,31+,36-;;/m11../s1. The van der Waals surface area contributed by atoms with E-state index in [2.05, 4.69) is 58.3 Å². The van der Waals surface area contributed by atoms with Crippen molar-refractivity contribution >= 4 is 50.3 Å². The number of nitrogens with one attached hydrogen (secondary N) is 2. The van der Waals surface area contributed by atoms with Gasteiger partial charge in [-0.05, 0) is 128 Å². The van der Waals surface area contributed by atoms with Gasteiger partial charge in [0.1, 0.15) is 24.3 Å². The van der Waals surface area contributed by atoms with E-state index in [0.29, 0.717) is 62.9 Å². The van der Waals surface area contributed by atoms with Crippen molar-refractivity contribution in [1.82, 2.24) is 40.0 Å². The summed E-state index contributed by atoms with van der Waals surface area (Å²) in [5.74, 6) is 1.01. The quantitative estimate of drug-likeness (QED) is 0.217. The molecule has 6 saturated carbocycles. The average Bonchev–Trinajstić information content (AvgIpc) is 1.36. The highest BCUT2D eigenvalue weighted by atomic mass is 16.7. The van der Waals surface area contributed by atoms with Crippen molar-refractivity contribution in [1.29, 1.82) is 0 Å². The second-order valence-electron chi connectivity index (χ2n) is 31.6. The highest BCUT2D eigenvalue weighted by molar-refractivity contribution is 6.48. The second-order valence-corrected chi connectivity index (χ2v) is 31.6. The number of carbonyl (C=O) groups excluding carboxylic acids is 6. The largest absolute Gasteiger partial charge is 0.481 e. The Labute approximate surface area is 572 Å². The van der Waals surface area contributed by atoms with Gasteiger partial charge in [-0.1, -0.05) is 161 Å². The summed E-state index contributed by atoms with van der Waals surface area (Å²) in [6.07, 6.45) is 21.3. The van der Waals surface area contributed by atoms with Gasteiger partial charge in [-0.2, -0.15) is 0 Å². The SMILES string of the molecule is C.C.CN1C/C=C/CCCCCC[C@@H](B2OC3C[C@H]4C[C@H](C4(C)C)[C@@]3(C)O2)NC(=O)[C@@H]2C[C@@H](OC(=O)N3Cc4ccccc4C3)CN2C1=O.CN1CCCCCCCCC[C@@H](B2OC3C[C@H]4C[C@H](C4(C)C)[C@@]3(C)O2)NC(=O)[C@@H]2C[C@@H](OC(=O)N3Cc4ccccc4C3)CN2C1=O. The molecule has 0 spiro atoms. The first kappa shape index (κ1) is 71.5. The van der Waals surface area contributed by atoms with Gasteiger partial charge < -0.3 is 58.3 Å². The zero-order chi connectivity index (χ0) is 65.8. The number of hydrogen-bond donors (Lipinski definition) is 2. The maximum absolute atomic E-state index is 14.2. The molecule has 20 nitrogen and oxygen atoms in total. The number of urea groups is 2. The van der Waals surface area contributed by atoms with Crippen LogP contribution in [0.25, 0.3) is 0 Å². The lowest BCUT2D eigenvalue weighted by molar-refractivity contribution is -0.199. The Morgan fingerprint density at radius 3 is 1.33 bits per heavy atom. The fraction of sp³-hybridized carbons (Fsp3) is 0.730. The van der Waals surface area contributed by atoms with Crippen LogP contribution >= 0.6 is 0 Å². The summed E-state index contributed by atoms with van der Waals surface area (Å²) in [6.45, 7) is 17.2. The van der Waals surface area contributed by atoms with Crippen LogP contribution in [-0.4, -0.2) is 180 Å². The van der Waals surface area contributed by atoms with Gasteiger partial charge in [-0.25, -0.2) is 19.2 Å². The Hall–Kier alpha value is -5.83. The Morgan fingerprint density at radius 2 is 0.906 bits per heavy atom. The summed E-state index contributed by atoms with van der Waals surface area (Å²) in [7, 11) is 2.49. The molecule has 14 atom stereocenters. The first-order valence-corrected chi connectivity index (χ1v) is 36.1. The molecular weight excluding hydrogens is 1210 g/mol. The van der Waals surface area contributed by atoms with E-state index in [1.165, 1.54) is 12.8 Å². The summed E-state index contributed by atoms with van der Waals surface area (Å²) >= 11 is 0. The van der Waals surface area contributed by atoms with Crippen molar-refractivity contribution in [2.75, 3.05) is 40.3 Å². The average molecular weight is 1330 g/mol. The maximum atomic E-state index is 14.2. The monoisotopic (exact) mass is 1330 g/mol. The van der Waals surface area contributed by atoms with Gasteiger partial charge >= 0.3 is 38.5 Å². The summed E-state index contributed by atoms with van der Waals surface area (Å²) in [5.41, 5.74) is 4.18. The molecule has 8 amide bonds. The lowest BCUT2D eigenvalue weighted by atomic mass is 9.43. The highest BCUT2D eigenvalue weighted by Gasteiger charge is 2.70. The molecule has 2 aromatic rings. The van der Waals surface area contributed by atoms with Crippen LogP contribution in [0, 0.1) is 34.5 Å². The number of allylic oxidation sites excluding steroid dienone is 1. The fourth-order valence-corrected chi connectivity index (χ4v) is 18.8. The van der Waals surface area contributed by atoms with E-state index in [-0.39, 0.29) is 111 Å². The van der Waals surface area contributed by atoms with E-state index < -0.39 is 50.7 Å². The molecule has 4 bridgehead atoms. The first-order valence-electron chi connectivity index (χ1n) is 36.1. The molecule has 2 aromatic carbocycles. The van der Waals surface area contributed by atoms with Gasteiger partial charge in [-0.3, -0.25) is 19.4 Å². The number of hydrogen-bond acceptors (Lipinski definition) is 12. The number of amides is 8. The summed E-state index contributed by atoms with van der Waals surface area (Å²) in [5, 5.41) is 6.61. The predicted molar refractivity (Wildman–Crippen MR) is 370 cm³/mol. The van der Waals surface area contributed by atoms with Gasteiger partial charge in [0.2, 0.25) is 11.8 Å². The van der Waals surface area contributed by atoms with Crippen LogP contribution in [0.3, 0.4) is 0 Å². The normalized spacial score (nSPS) is 35.3. The fourth-order valence-electron chi connectivity index (χ4n) is 18.8. The van der Waals surface area contributed by atoms with E-state index in [0.717, 1.165) is 125 Å². The minimum atomic E-state index is -0.774. The summed E-state index contributed by atoms with van der Waals surface area (Å²) < 4.78 is 39.0. The lowest BCUT2D eigenvalue weighted by Crippen LogP contribution is -2.65. The molecule has 6 aliphatic carbocycles. The number of likely N-dealkylation sites (N-methyl/N-ethyl adjacent to an activating group) is 1. The van der Waals surface area contributed by atoms with E-state index in [1.807, 2.05) is 54.6 Å². The molecule has 11 fully saturated rings. The van der Waals surface area contributed by atoms with Crippen LogP contribution in [0.1, 0.15) is 207 Å². The molecule has 14 aliphatic rings. The van der Waals surface area contributed by atoms with Gasteiger partial charge in [0.25, 0.3) is 0 Å². The molecule has 8 aliphatic heterocycles. The second kappa shape index (κ2) is 29.2. The maximum Gasteiger partial charge on any atom is 0.481 e. The van der Waals surface area contributed by atoms with Crippen LogP contribution in [0.15, 0.2) is 60.7 Å². The predicted octanol–water partition coefficient (Wildman–Crippen LogP) is 12.1. The molecule has 2 N–H and O–H groups in total. The Kier molecular flexibility index (Phi) is 21.7. The highest BCUT2D eigenvalue weighted by Crippen LogP contribution is 2.67. The zero-order valence-electron chi connectivity index (χ0n) is 57.2. The third-order valence-electron chi connectivity index (χ3n) is 24.9. The molecule has 8 heterocycles. The van der Waals surface area contributed by atoms with E-state index in [9.17, 15) is 28.8 Å². The van der Waals surface area contributed by atoms with Crippen molar-refractivity contribution in [3.63, 3.8) is 0 Å². The van der Waals surface area contributed by atoms with E-state index in [4.69, 9.17) is 28.1 Å². The molecule has 0 radical (unpaired) electrons. The van der Waals surface area contributed by atoms with Crippen molar-refractivity contribution in [3.8, 4) is 0 Å². The first-order chi connectivity index (χ1) is 45.1. The topological polar surface area (TPSA) is 201 Å². The Balaban J connectivity index is 0.000000191.